The summed E-state index contributed by atoms with van der Waals surface area (Å²) in [7, 11) is 0. The van der Waals surface area contributed by atoms with E-state index in [0.29, 0.717) is 23.4 Å². The summed E-state index contributed by atoms with van der Waals surface area (Å²) in [4.78, 5) is 31.6. The van der Waals surface area contributed by atoms with Crippen LogP contribution in [0.2, 0.25) is 0 Å². The number of carbonyl (C=O) groups excluding carboxylic acids is 1. The molecule has 1 aromatic carbocycles. The molecule has 7 nitrogen and oxygen atoms in total. The van der Waals surface area contributed by atoms with Crippen LogP contribution in [-0.4, -0.2) is 22.3 Å². The number of hydrogen-bond donors (Lipinski definition) is 1. The van der Waals surface area contributed by atoms with Crippen LogP contribution in [0.15, 0.2) is 29.3 Å². The Morgan fingerprint density at radius 1 is 1.26 bits per heavy atom. The number of carbonyl (C=O) groups is 1. The number of benzene rings is 1. The molecule has 3 heterocycles. The minimum atomic E-state index is -0.234. The fraction of sp³-hybridized carbons (Fsp3) is 0.316. The first-order chi connectivity index (χ1) is 13.2. The van der Waals surface area contributed by atoms with Crippen molar-refractivity contribution in [2.24, 2.45) is 0 Å². The maximum atomic E-state index is 12.8. The van der Waals surface area contributed by atoms with Gasteiger partial charge in [0, 0.05) is 11.4 Å². The van der Waals surface area contributed by atoms with Gasteiger partial charge in [-0.25, -0.2) is 4.98 Å². The quantitative estimate of drug-likeness (QED) is 0.745. The summed E-state index contributed by atoms with van der Waals surface area (Å²) in [5.74, 6) is 1.15. The highest BCUT2D eigenvalue weighted by Crippen LogP contribution is 2.34. The molecule has 5 rings (SSSR count). The van der Waals surface area contributed by atoms with Crippen molar-refractivity contribution in [3.8, 4) is 11.5 Å². The SMILES string of the molecule is O=C(Cn1cnc2sc3c(c2c1=O)CCC3)NCc1ccc2c(c1)OCO2. The highest BCUT2D eigenvalue weighted by Gasteiger charge is 2.21. The largest absolute Gasteiger partial charge is 0.454 e. The van der Waals surface area contributed by atoms with Gasteiger partial charge in [-0.3, -0.25) is 14.2 Å². The van der Waals surface area contributed by atoms with Gasteiger partial charge in [0.25, 0.3) is 5.56 Å². The first-order valence-corrected chi connectivity index (χ1v) is 9.65. The van der Waals surface area contributed by atoms with Gasteiger partial charge in [0.2, 0.25) is 12.7 Å². The highest BCUT2D eigenvalue weighted by molar-refractivity contribution is 7.18. The van der Waals surface area contributed by atoms with E-state index in [0.717, 1.165) is 35.2 Å². The van der Waals surface area contributed by atoms with Crippen molar-refractivity contribution in [1.82, 2.24) is 14.9 Å². The van der Waals surface area contributed by atoms with Gasteiger partial charge in [0.15, 0.2) is 11.5 Å². The summed E-state index contributed by atoms with van der Waals surface area (Å²) in [6.45, 7) is 0.528. The Hall–Kier alpha value is -2.87. The molecule has 1 N–H and O–H groups in total. The molecule has 0 bridgehead atoms. The number of amides is 1. The van der Waals surface area contributed by atoms with Gasteiger partial charge >= 0.3 is 0 Å². The van der Waals surface area contributed by atoms with Crippen LogP contribution < -0.4 is 20.3 Å². The topological polar surface area (TPSA) is 82.5 Å². The third kappa shape index (κ3) is 2.86. The van der Waals surface area contributed by atoms with Crippen molar-refractivity contribution in [2.75, 3.05) is 6.79 Å². The number of nitrogens with one attached hydrogen (secondary N) is 1. The molecule has 1 aliphatic carbocycles. The van der Waals surface area contributed by atoms with Gasteiger partial charge < -0.3 is 14.8 Å². The number of aromatic nitrogens is 2. The Kier molecular flexibility index (Phi) is 3.86. The number of hydrogen-bond acceptors (Lipinski definition) is 6. The fourth-order valence-corrected chi connectivity index (χ4v) is 4.81. The third-order valence-electron chi connectivity index (χ3n) is 4.93. The summed E-state index contributed by atoms with van der Waals surface area (Å²) < 4.78 is 12.0. The molecular formula is C19H17N3O4S. The lowest BCUT2D eigenvalue weighted by atomic mass is 10.2. The number of nitrogens with zero attached hydrogens (tertiary/aromatic N) is 2. The van der Waals surface area contributed by atoms with Gasteiger partial charge in [-0.1, -0.05) is 6.07 Å². The molecule has 0 atom stereocenters. The maximum Gasteiger partial charge on any atom is 0.262 e. The molecular weight excluding hydrogens is 366 g/mol. The molecule has 3 aromatic rings. The molecule has 0 spiro atoms. The van der Waals surface area contributed by atoms with Crippen LogP contribution in [0.4, 0.5) is 0 Å². The molecule has 2 aromatic heterocycles. The van der Waals surface area contributed by atoms with E-state index in [4.69, 9.17) is 9.47 Å². The molecule has 27 heavy (non-hydrogen) atoms. The first kappa shape index (κ1) is 16.3. The van der Waals surface area contributed by atoms with Crippen molar-refractivity contribution in [2.45, 2.75) is 32.4 Å². The Bertz CT molecular complexity index is 1120. The van der Waals surface area contributed by atoms with Crippen LogP contribution in [0.25, 0.3) is 10.2 Å². The number of ether oxygens (including phenoxy) is 2. The van der Waals surface area contributed by atoms with Crippen LogP contribution in [0.5, 0.6) is 11.5 Å². The lowest BCUT2D eigenvalue weighted by molar-refractivity contribution is -0.121. The molecule has 8 heteroatoms. The van der Waals surface area contributed by atoms with Gasteiger partial charge in [0.1, 0.15) is 11.4 Å². The second-order valence-corrected chi connectivity index (χ2v) is 7.76. The Labute approximate surface area is 158 Å². The van der Waals surface area contributed by atoms with E-state index in [-0.39, 0.29) is 24.8 Å². The van der Waals surface area contributed by atoms with Crippen LogP contribution in [0, 0.1) is 0 Å². The Morgan fingerprint density at radius 2 is 2.15 bits per heavy atom. The standard InChI is InChI=1S/C19H17N3O4S/c23-16(20-7-11-4-5-13-14(6-11)26-10-25-13)8-22-9-21-18-17(19(22)24)12-2-1-3-15(12)27-18/h4-6,9H,1-3,7-8,10H2,(H,20,23). The van der Waals surface area contributed by atoms with E-state index >= 15 is 0 Å². The monoisotopic (exact) mass is 383 g/mol. The van der Waals surface area contributed by atoms with E-state index in [1.807, 2.05) is 18.2 Å². The zero-order chi connectivity index (χ0) is 18.4. The van der Waals surface area contributed by atoms with Crippen LogP contribution in [0.1, 0.15) is 22.4 Å². The molecule has 138 valence electrons. The highest BCUT2D eigenvalue weighted by atomic mass is 32.1. The second-order valence-electron chi connectivity index (χ2n) is 6.68. The molecule has 0 radical (unpaired) electrons. The fourth-order valence-electron chi connectivity index (χ4n) is 3.59. The van der Waals surface area contributed by atoms with Crippen molar-refractivity contribution in [1.29, 1.82) is 0 Å². The predicted molar refractivity (Wildman–Crippen MR) is 100 cm³/mol. The summed E-state index contributed by atoms with van der Waals surface area (Å²) in [6.07, 6.45) is 4.50. The molecule has 2 aliphatic rings. The number of fused-ring (bicyclic) bond motifs is 4. The van der Waals surface area contributed by atoms with Crippen molar-refractivity contribution in [3.05, 3.63) is 50.9 Å². The minimum Gasteiger partial charge on any atom is -0.454 e. The third-order valence-corrected chi connectivity index (χ3v) is 6.13. The molecule has 1 aliphatic heterocycles. The van der Waals surface area contributed by atoms with Crippen LogP contribution >= 0.6 is 11.3 Å². The molecule has 0 saturated heterocycles. The normalized spacial score (nSPS) is 14.5. The molecule has 0 unspecified atom stereocenters. The van der Waals surface area contributed by atoms with E-state index in [2.05, 4.69) is 10.3 Å². The predicted octanol–water partition coefficient (Wildman–Crippen LogP) is 1.99. The van der Waals surface area contributed by atoms with Gasteiger partial charge in [-0.15, -0.1) is 11.3 Å². The van der Waals surface area contributed by atoms with Crippen molar-refractivity contribution < 1.29 is 14.3 Å². The van der Waals surface area contributed by atoms with Gasteiger partial charge in [0.05, 0.1) is 11.7 Å². The summed E-state index contributed by atoms with van der Waals surface area (Å²) in [5.41, 5.74) is 1.91. The number of rotatable bonds is 4. The van der Waals surface area contributed by atoms with Gasteiger partial charge in [-0.05, 0) is 42.5 Å². The Morgan fingerprint density at radius 3 is 3.07 bits per heavy atom. The average Bonchev–Trinajstić information content (AvgIpc) is 3.37. The number of thiophene rings is 1. The second kappa shape index (κ2) is 6.38. The van der Waals surface area contributed by atoms with E-state index in [1.165, 1.54) is 15.8 Å². The Balaban J connectivity index is 1.31. The lowest BCUT2D eigenvalue weighted by Crippen LogP contribution is -2.32. The molecule has 1 amide bonds. The zero-order valence-electron chi connectivity index (χ0n) is 14.5. The van der Waals surface area contributed by atoms with Crippen LogP contribution in [-0.2, 0) is 30.7 Å². The smallest absolute Gasteiger partial charge is 0.262 e. The summed E-state index contributed by atoms with van der Waals surface area (Å²) in [6, 6.07) is 5.54. The summed E-state index contributed by atoms with van der Waals surface area (Å²) in [5, 5.41) is 3.53. The average molecular weight is 383 g/mol. The maximum absolute atomic E-state index is 12.8. The van der Waals surface area contributed by atoms with E-state index in [1.54, 1.807) is 11.3 Å². The van der Waals surface area contributed by atoms with Crippen molar-refractivity contribution >= 4 is 27.5 Å². The van der Waals surface area contributed by atoms with E-state index in [9.17, 15) is 9.59 Å². The van der Waals surface area contributed by atoms with Gasteiger partial charge in [-0.2, -0.15) is 0 Å². The van der Waals surface area contributed by atoms with Crippen LogP contribution in [0.3, 0.4) is 0 Å². The zero-order valence-corrected chi connectivity index (χ0v) is 15.3. The molecule has 0 fully saturated rings. The van der Waals surface area contributed by atoms with E-state index < -0.39 is 0 Å². The summed E-state index contributed by atoms with van der Waals surface area (Å²) >= 11 is 1.60. The minimum absolute atomic E-state index is 0.0447. The van der Waals surface area contributed by atoms with Crippen molar-refractivity contribution in [3.63, 3.8) is 0 Å². The lowest BCUT2D eigenvalue weighted by Gasteiger charge is -2.08. The molecule has 0 saturated carbocycles. The number of aryl methyl sites for hydroxylation is 2. The first-order valence-electron chi connectivity index (χ1n) is 8.84.